The Morgan fingerprint density at radius 1 is 1.50 bits per heavy atom. The van der Waals surface area contributed by atoms with Crippen molar-refractivity contribution in [2.75, 3.05) is 14.2 Å². The molecule has 2 rings (SSSR count). The fourth-order valence-electron chi connectivity index (χ4n) is 2.17. The van der Waals surface area contributed by atoms with Crippen LogP contribution in [-0.2, 0) is 23.7 Å². The summed E-state index contributed by atoms with van der Waals surface area (Å²) in [5.41, 5.74) is 0. The van der Waals surface area contributed by atoms with Gasteiger partial charge in [0.1, 0.15) is 12.2 Å². The summed E-state index contributed by atoms with van der Waals surface area (Å²) in [6, 6.07) is 0. The second-order valence-electron chi connectivity index (χ2n) is 4.55. The average Bonchev–Trinajstić information content (AvgIpc) is 3.06. The summed E-state index contributed by atoms with van der Waals surface area (Å²) in [7, 11) is 3.02. The standard InChI is InChI=1S/C12H18O6/c1-7(13)10-11(17-10)8(15-2)6-12(16-3)5-4-9(14)18-12/h4-5,7-8,10-11,13H,6H2,1-3H3/t7-,8-,10-,11+,12-/m0/s1. The van der Waals surface area contributed by atoms with Gasteiger partial charge in [-0.25, -0.2) is 4.79 Å². The van der Waals surface area contributed by atoms with Crippen molar-refractivity contribution >= 4 is 5.97 Å². The van der Waals surface area contributed by atoms with Gasteiger partial charge in [0.2, 0.25) is 5.79 Å². The van der Waals surface area contributed by atoms with Crippen molar-refractivity contribution in [3.63, 3.8) is 0 Å². The van der Waals surface area contributed by atoms with Crippen LogP contribution in [0.2, 0.25) is 0 Å². The van der Waals surface area contributed by atoms with Gasteiger partial charge in [0.15, 0.2) is 0 Å². The van der Waals surface area contributed by atoms with Crippen molar-refractivity contribution in [3.8, 4) is 0 Å². The summed E-state index contributed by atoms with van der Waals surface area (Å²) in [5, 5.41) is 9.42. The lowest BCUT2D eigenvalue weighted by molar-refractivity contribution is -0.199. The lowest BCUT2D eigenvalue weighted by Gasteiger charge is -2.28. The van der Waals surface area contributed by atoms with E-state index in [1.54, 1.807) is 20.1 Å². The van der Waals surface area contributed by atoms with E-state index in [9.17, 15) is 9.90 Å². The van der Waals surface area contributed by atoms with Crippen molar-refractivity contribution in [2.45, 2.75) is 43.5 Å². The van der Waals surface area contributed by atoms with Crippen molar-refractivity contribution in [2.24, 2.45) is 0 Å². The van der Waals surface area contributed by atoms with Crippen LogP contribution in [0.25, 0.3) is 0 Å². The monoisotopic (exact) mass is 258 g/mol. The molecule has 0 aromatic carbocycles. The molecule has 2 heterocycles. The maximum Gasteiger partial charge on any atom is 0.333 e. The molecule has 1 N–H and O–H groups in total. The van der Waals surface area contributed by atoms with Crippen LogP contribution in [0, 0.1) is 0 Å². The van der Waals surface area contributed by atoms with Crippen LogP contribution in [0.4, 0.5) is 0 Å². The van der Waals surface area contributed by atoms with Gasteiger partial charge >= 0.3 is 5.97 Å². The molecule has 102 valence electrons. The zero-order valence-electron chi connectivity index (χ0n) is 10.7. The molecular formula is C12H18O6. The maximum atomic E-state index is 11.1. The first-order chi connectivity index (χ1) is 8.51. The van der Waals surface area contributed by atoms with Gasteiger partial charge in [0.25, 0.3) is 0 Å². The molecule has 0 aliphatic carbocycles. The molecule has 0 aromatic rings. The molecule has 0 unspecified atom stereocenters. The number of rotatable bonds is 6. The lowest BCUT2D eigenvalue weighted by atomic mass is 10.0. The third-order valence-electron chi connectivity index (χ3n) is 3.28. The van der Waals surface area contributed by atoms with Gasteiger partial charge in [-0.1, -0.05) is 0 Å². The van der Waals surface area contributed by atoms with E-state index in [4.69, 9.17) is 18.9 Å². The smallest absolute Gasteiger partial charge is 0.333 e. The number of ether oxygens (including phenoxy) is 4. The summed E-state index contributed by atoms with van der Waals surface area (Å²) in [6.07, 6.45) is 1.94. The highest BCUT2D eigenvalue weighted by molar-refractivity contribution is 5.84. The number of carbonyl (C=O) groups excluding carboxylic acids is 1. The van der Waals surface area contributed by atoms with E-state index in [0.29, 0.717) is 6.42 Å². The molecule has 0 radical (unpaired) electrons. The summed E-state index contributed by atoms with van der Waals surface area (Å²) in [6.45, 7) is 1.67. The minimum absolute atomic E-state index is 0.199. The number of hydrogen-bond acceptors (Lipinski definition) is 6. The Hall–Kier alpha value is -0.950. The minimum atomic E-state index is -1.09. The van der Waals surface area contributed by atoms with E-state index in [1.165, 1.54) is 13.2 Å². The Kier molecular flexibility index (Phi) is 3.72. The molecule has 5 atom stereocenters. The van der Waals surface area contributed by atoms with Gasteiger partial charge in [-0.15, -0.1) is 0 Å². The second-order valence-corrected chi connectivity index (χ2v) is 4.55. The Morgan fingerprint density at radius 3 is 2.61 bits per heavy atom. The molecule has 0 aromatic heterocycles. The lowest BCUT2D eigenvalue weighted by Crippen LogP contribution is -2.38. The molecule has 2 aliphatic heterocycles. The Labute approximate surface area is 105 Å². The van der Waals surface area contributed by atoms with Gasteiger partial charge < -0.3 is 24.1 Å². The molecule has 0 bridgehead atoms. The SMILES string of the molecule is CO[C@@H](C[C@]1(OC)C=CC(=O)O1)[C@H]1O[C@H]1[C@H](C)O. The highest BCUT2D eigenvalue weighted by atomic mass is 16.7. The number of epoxide rings is 1. The minimum Gasteiger partial charge on any atom is -0.426 e. The van der Waals surface area contributed by atoms with Crippen LogP contribution in [0.3, 0.4) is 0 Å². The molecule has 1 saturated heterocycles. The number of esters is 1. The Morgan fingerprint density at radius 2 is 2.22 bits per heavy atom. The van der Waals surface area contributed by atoms with Gasteiger partial charge in [0, 0.05) is 26.7 Å². The van der Waals surface area contributed by atoms with Gasteiger partial charge in [-0.05, 0) is 13.0 Å². The Bertz CT molecular complexity index is 352. The third-order valence-corrected chi connectivity index (χ3v) is 3.28. The third kappa shape index (κ3) is 2.56. The predicted octanol–water partition coefficient (Wildman–Crippen LogP) is -0.00460. The first-order valence-corrected chi connectivity index (χ1v) is 5.85. The highest BCUT2D eigenvalue weighted by Crippen LogP contribution is 2.36. The maximum absolute atomic E-state index is 11.1. The largest absolute Gasteiger partial charge is 0.426 e. The average molecular weight is 258 g/mol. The summed E-state index contributed by atoms with van der Waals surface area (Å²) in [4.78, 5) is 11.1. The molecule has 0 spiro atoms. The highest BCUT2D eigenvalue weighted by Gasteiger charge is 2.51. The molecule has 1 fully saturated rings. The van der Waals surface area contributed by atoms with Crippen molar-refractivity contribution in [1.82, 2.24) is 0 Å². The van der Waals surface area contributed by atoms with E-state index in [2.05, 4.69) is 0 Å². The van der Waals surface area contributed by atoms with Crippen LogP contribution in [0.1, 0.15) is 13.3 Å². The summed E-state index contributed by atoms with van der Waals surface area (Å²) in [5.74, 6) is -1.53. The van der Waals surface area contributed by atoms with E-state index in [0.717, 1.165) is 0 Å². The van der Waals surface area contributed by atoms with Crippen LogP contribution < -0.4 is 0 Å². The van der Waals surface area contributed by atoms with E-state index in [1.807, 2.05) is 0 Å². The predicted molar refractivity (Wildman–Crippen MR) is 60.7 cm³/mol. The molecule has 0 amide bonds. The number of hydrogen-bond donors (Lipinski definition) is 1. The number of aliphatic hydroxyl groups excluding tert-OH is 1. The van der Waals surface area contributed by atoms with Crippen LogP contribution in [0.5, 0.6) is 0 Å². The van der Waals surface area contributed by atoms with E-state index in [-0.39, 0.29) is 18.3 Å². The molecule has 0 saturated carbocycles. The van der Waals surface area contributed by atoms with Gasteiger partial charge in [-0.2, -0.15) is 0 Å². The number of methoxy groups -OCH3 is 2. The normalized spacial score (nSPS) is 37.4. The van der Waals surface area contributed by atoms with Crippen molar-refractivity contribution in [3.05, 3.63) is 12.2 Å². The first kappa shape index (κ1) is 13.5. The van der Waals surface area contributed by atoms with Crippen LogP contribution in [0.15, 0.2) is 12.2 Å². The molecular weight excluding hydrogens is 240 g/mol. The van der Waals surface area contributed by atoms with Gasteiger partial charge in [0.05, 0.1) is 12.2 Å². The fraction of sp³-hybridized carbons (Fsp3) is 0.750. The molecule has 6 nitrogen and oxygen atoms in total. The van der Waals surface area contributed by atoms with Crippen LogP contribution >= 0.6 is 0 Å². The summed E-state index contributed by atoms with van der Waals surface area (Å²) < 4.78 is 21.1. The molecule has 6 heteroatoms. The van der Waals surface area contributed by atoms with Crippen LogP contribution in [-0.4, -0.2) is 55.5 Å². The summed E-state index contributed by atoms with van der Waals surface area (Å²) >= 11 is 0. The molecule has 18 heavy (non-hydrogen) atoms. The topological polar surface area (TPSA) is 77.5 Å². The number of cyclic esters (lactones) is 1. The van der Waals surface area contributed by atoms with Crippen molar-refractivity contribution < 1.29 is 28.8 Å². The van der Waals surface area contributed by atoms with Crippen molar-refractivity contribution in [1.29, 1.82) is 0 Å². The fourth-order valence-corrected chi connectivity index (χ4v) is 2.17. The zero-order chi connectivity index (χ0) is 13.3. The Balaban J connectivity index is 1.98. The van der Waals surface area contributed by atoms with E-state index >= 15 is 0 Å². The first-order valence-electron chi connectivity index (χ1n) is 5.85. The second kappa shape index (κ2) is 4.97. The number of carbonyl (C=O) groups is 1. The zero-order valence-corrected chi connectivity index (χ0v) is 10.7. The quantitative estimate of drug-likeness (QED) is 0.533. The molecule has 2 aliphatic rings. The van der Waals surface area contributed by atoms with E-state index < -0.39 is 17.9 Å². The van der Waals surface area contributed by atoms with Gasteiger partial charge in [-0.3, -0.25) is 0 Å². The number of aliphatic hydroxyl groups is 1.